The molecule has 0 bridgehead atoms. The van der Waals surface area contributed by atoms with Crippen molar-refractivity contribution < 1.29 is 20.4 Å². The second-order valence-corrected chi connectivity index (χ2v) is 8.04. The fourth-order valence-corrected chi connectivity index (χ4v) is 3.93. The normalized spacial score (nSPS) is 12.3. The van der Waals surface area contributed by atoms with Crippen molar-refractivity contribution in [2.75, 3.05) is 0 Å². The molecule has 0 aliphatic heterocycles. The molecule has 3 rings (SSSR count). The lowest BCUT2D eigenvalue weighted by atomic mass is 9.92. The smallest absolute Gasteiger partial charge is 0.201 e. The van der Waals surface area contributed by atoms with Gasteiger partial charge in [-0.25, -0.2) is 0 Å². The van der Waals surface area contributed by atoms with Crippen molar-refractivity contribution in [3.05, 3.63) is 63.4 Å². The van der Waals surface area contributed by atoms with E-state index in [2.05, 4.69) is 6.58 Å². The first kappa shape index (κ1) is 21.5. The Hall–Kier alpha value is -3.25. The molecule has 4 N–H and O–H groups in total. The summed E-state index contributed by atoms with van der Waals surface area (Å²) in [5, 5.41) is 43.4. The predicted octanol–water partition coefficient (Wildman–Crippen LogP) is 4.32. The molecule has 6 heteroatoms. The number of allylic oxidation sites excluding steroid dienone is 2. The van der Waals surface area contributed by atoms with Crippen molar-refractivity contribution in [3.8, 4) is 17.2 Å². The first-order chi connectivity index (χ1) is 14.1. The molecule has 0 saturated heterocycles. The van der Waals surface area contributed by atoms with Crippen molar-refractivity contribution in [2.24, 2.45) is 7.05 Å². The number of aromatic hydroxyl groups is 3. The standard InChI is InChI=1S/C24H27NO5/c1-12(2)9-10-15-21-19(24(30)18(22(15)28)17(27)11-13(3)4)23(29)14-7-6-8-16(26)20(14)25(21)5/h6-9,17,26-28,30H,3,10-11H2,1-2,4-5H3/t17-/m1/s1. The van der Waals surface area contributed by atoms with Crippen LogP contribution < -0.4 is 5.43 Å². The largest absolute Gasteiger partial charge is 0.507 e. The maximum atomic E-state index is 13.3. The van der Waals surface area contributed by atoms with Gasteiger partial charge in [0.25, 0.3) is 0 Å². The Balaban J connectivity index is 2.58. The van der Waals surface area contributed by atoms with Gasteiger partial charge in [-0.1, -0.05) is 23.3 Å². The van der Waals surface area contributed by atoms with E-state index in [4.69, 9.17) is 0 Å². The van der Waals surface area contributed by atoms with E-state index in [0.29, 0.717) is 22.2 Å². The minimum atomic E-state index is -1.22. The maximum Gasteiger partial charge on any atom is 0.201 e. The maximum absolute atomic E-state index is 13.3. The third-order valence-electron chi connectivity index (χ3n) is 5.30. The summed E-state index contributed by atoms with van der Waals surface area (Å²) in [6.07, 6.45) is 1.08. The van der Waals surface area contributed by atoms with Crippen LogP contribution in [0.4, 0.5) is 0 Å². The second kappa shape index (κ2) is 7.88. The van der Waals surface area contributed by atoms with E-state index >= 15 is 0 Å². The highest BCUT2D eigenvalue weighted by atomic mass is 16.3. The molecule has 6 nitrogen and oxygen atoms in total. The Bertz CT molecular complexity index is 1260. The van der Waals surface area contributed by atoms with Crippen LogP contribution in [-0.2, 0) is 13.5 Å². The highest BCUT2D eigenvalue weighted by Gasteiger charge is 2.27. The Kier molecular flexibility index (Phi) is 5.63. The van der Waals surface area contributed by atoms with Crippen LogP contribution in [-0.4, -0.2) is 25.0 Å². The molecule has 1 aromatic heterocycles. The van der Waals surface area contributed by atoms with Crippen molar-refractivity contribution in [2.45, 2.75) is 39.7 Å². The summed E-state index contributed by atoms with van der Waals surface area (Å²) in [5.74, 6) is -0.799. The minimum Gasteiger partial charge on any atom is -0.507 e. The summed E-state index contributed by atoms with van der Waals surface area (Å²) < 4.78 is 1.60. The van der Waals surface area contributed by atoms with E-state index in [1.54, 1.807) is 30.7 Å². The zero-order chi connectivity index (χ0) is 22.3. The van der Waals surface area contributed by atoms with E-state index in [0.717, 1.165) is 5.57 Å². The quantitative estimate of drug-likeness (QED) is 0.371. The molecule has 0 aliphatic rings. The van der Waals surface area contributed by atoms with Crippen LogP contribution in [0.2, 0.25) is 0 Å². The van der Waals surface area contributed by atoms with Gasteiger partial charge < -0.3 is 25.0 Å². The first-order valence-electron chi connectivity index (χ1n) is 9.73. The molecule has 0 unspecified atom stereocenters. The number of hydrogen-bond donors (Lipinski definition) is 4. The summed E-state index contributed by atoms with van der Waals surface area (Å²) in [6.45, 7) is 9.34. The molecule has 0 spiro atoms. The number of benzene rings is 2. The fourth-order valence-electron chi connectivity index (χ4n) is 3.93. The number of aromatic nitrogens is 1. The van der Waals surface area contributed by atoms with Crippen molar-refractivity contribution in [3.63, 3.8) is 0 Å². The number of phenols is 3. The van der Waals surface area contributed by atoms with Gasteiger partial charge in [-0.2, -0.15) is 0 Å². The lowest BCUT2D eigenvalue weighted by Gasteiger charge is -2.22. The lowest BCUT2D eigenvalue weighted by molar-refractivity contribution is 0.170. The van der Waals surface area contributed by atoms with Gasteiger partial charge in [0, 0.05) is 12.6 Å². The average molecular weight is 409 g/mol. The lowest BCUT2D eigenvalue weighted by Crippen LogP contribution is -2.13. The molecule has 0 aliphatic carbocycles. The van der Waals surface area contributed by atoms with Crippen LogP contribution in [0.3, 0.4) is 0 Å². The van der Waals surface area contributed by atoms with Gasteiger partial charge >= 0.3 is 0 Å². The molecule has 1 atom stereocenters. The van der Waals surface area contributed by atoms with E-state index < -0.39 is 17.3 Å². The number of nitrogens with zero attached hydrogens (tertiary/aromatic N) is 1. The van der Waals surface area contributed by atoms with Crippen LogP contribution in [0, 0.1) is 0 Å². The summed E-state index contributed by atoms with van der Waals surface area (Å²) in [6, 6.07) is 4.61. The minimum absolute atomic E-state index is 0.00122. The highest BCUT2D eigenvalue weighted by Crippen LogP contribution is 2.44. The topological polar surface area (TPSA) is 103 Å². The SMILES string of the molecule is C=C(C)C[C@@H](O)c1c(O)c(CC=C(C)C)c2c(c1O)c(=O)c1cccc(O)c1n2C. The van der Waals surface area contributed by atoms with Crippen molar-refractivity contribution in [1.82, 2.24) is 4.57 Å². The van der Waals surface area contributed by atoms with E-state index in [-0.39, 0.29) is 40.7 Å². The number of fused-ring (bicyclic) bond motifs is 2. The Morgan fingerprint density at radius 3 is 2.40 bits per heavy atom. The number of hydrogen-bond acceptors (Lipinski definition) is 5. The second-order valence-electron chi connectivity index (χ2n) is 8.04. The van der Waals surface area contributed by atoms with Gasteiger partial charge in [0.15, 0.2) is 0 Å². The summed E-state index contributed by atoms with van der Waals surface area (Å²) in [4.78, 5) is 13.3. The van der Waals surface area contributed by atoms with Crippen molar-refractivity contribution in [1.29, 1.82) is 0 Å². The molecule has 0 saturated carbocycles. The van der Waals surface area contributed by atoms with Gasteiger partial charge in [0.2, 0.25) is 5.43 Å². The van der Waals surface area contributed by atoms with Gasteiger partial charge in [-0.3, -0.25) is 4.79 Å². The average Bonchev–Trinajstić information content (AvgIpc) is 2.64. The Labute approximate surface area is 174 Å². The summed E-state index contributed by atoms with van der Waals surface area (Å²) in [7, 11) is 1.67. The van der Waals surface area contributed by atoms with Gasteiger partial charge in [0.05, 0.1) is 33.5 Å². The number of aliphatic hydroxyl groups excluding tert-OH is 1. The number of phenolic OH excluding ortho intramolecular Hbond substituents is 3. The van der Waals surface area contributed by atoms with Crippen LogP contribution in [0.15, 0.2) is 46.8 Å². The molecular formula is C24H27NO5. The molecular weight excluding hydrogens is 382 g/mol. The number of rotatable bonds is 5. The fraction of sp³-hybridized carbons (Fsp3) is 0.292. The van der Waals surface area contributed by atoms with Gasteiger partial charge in [-0.05, 0) is 45.7 Å². The number of aliphatic hydroxyl groups is 1. The third-order valence-corrected chi connectivity index (χ3v) is 5.30. The van der Waals surface area contributed by atoms with E-state index in [9.17, 15) is 25.2 Å². The predicted molar refractivity (Wildman–Crippen MR) is 119 cm³/mol. The Morgan fingerprint density at radius 1 is 1.13 bits per heavy atom. The summed E-state index contributed by atoms with van der Waals surface area (Å²) >= 11 is 0. The van der Waals surface area contributed by atoms with Crippen LogP contribution >= 0.6 is 0 Å². The molecule has 30 heavy (non-hydrogen) atoms. The third kappa shape index (κ3) is 3.44. The van der Waals surface area contributed by atoms with Crippen LogP contribution in [0.1, 0.15) is 44.4 Å². The molecule has 0 radical (unpaired) electrons. The number of pyridine rings is 1. The van der Waals surface area contributed by atoms with Crippen molar-refractivity contribution >= 4 is 21.8 Å². The summed E-state index contributed by atoms with van der Waals surface area (Å²) in [5.41, 5.74) is 2.13. The van der Waals surface area contributed by atoms with Crippen LogP contribution in [0.25, 0.3) is 21.8 Å². The molecule has 0 fully saturated rings. The monoisotopic (exact) mass is 409 g/mol. The molecule has 0 amide bonds. The Morgan fingerprint density at radius 2 is 1.80 bits per heavy atom. The number of aryl methyl sites for hydroxylation is 1. The van der Waals surface area contributed by atoms with E-state index in [1.165, 1.54) is 6.07 Å². The van der Waals surface area contributed by atoms with E-state index in [1.807, 2.05) is 19.9 Å². The molecule has 1 heterocycles. The molecule has 3 aromatic rings. The first-order valence-corrected chi connectivity index (χ1v) is 9.73. The zero-order valence-corrected chi connectivity index (χ0v) is 17.7. The highest BCUT2D eigenvalue weighted by molar-refractivity contribution is 6.01. The molecule has 2 aromatic carbocycles. The van der Waals surface area contributed by atoms with Gasteiger partial charge in [0.1, 0.15) is 17.2 Å². The zero-order valence-electron chi connectivity index (χ0n) is 17.7. The number of para-hydroxylation sites is 1. The van der Waals surface area contributed by atoms with Crippen LogP contribution in [0.5, 0.6) is 17.2 Å². The van der Waals surface area contributed by atoms with Gasteiger partial charge in [-0.15, -0.1) is 6.58 Å². The molecule has 158 valence electrons.